The Morgan fingerprint density at radius 2 is 1.93 bits per heavy atom. The number of rotatable bonds is 8. The number of benzene rings is 2. The Morgan fingerprint density at radius 1 is 1.07 bits per heavy atom. The number of aryl methyl sites for hydroxylation is 1. The van der Waals surface area contributed by atoms with Gasteiger partial charge in [-0.2, -0.15) is 0 Å². The quantitative estimate of drug-likeness (QED) is 0.625. The van der Waals surface area contributed by atoms with E-state index in [0.29, 0.717) is 12.2 Å². The summed E-state index contributed by atoms with van der Waals surface area (Å²) in [5.74, 6) is 0.646. The van der Waals surface area contributed by atoms with E-state index in [4.69, 9.17) is 4.74 Å². The molecule has 0 spiro atoms. The van der Waals surface area contributed by atoms with Crippen LogP contribution in [-0.2, 0) is 13.0 Å². The van der Waals surface area contributed by atoms with Gasteiger partial charge in [0.2, 0.25) is 0 Å². The zero-order valence-electron chi connectivity index (χ0n) is 16.2. The van der Waals surface area contributed by atoms with Crippen LogP contribution in [-0.4, -0.2) is 24.5 Å². The van der Waals surface area contributed by atoms with Crippen molar-refractivity contribution in [1.29, 1.82) is 0 Å². The summed E-state index contributed by atoms with van der Waals surface area (Å²) in [7, 11) is 1.64. The first kappa shape index (κ1) is 19.4. The molecule has 0 aliphatic heterocycles. The number of pyridine rings is 1. The van der Waals surface area contributed by atoms with E-state index in [2.05, 4.69) is 34.7 Å². The molecule has 0 aliphatic carbocycles. The van der Waals surface area contributed by atoms with Crippen molar-refractivity contribution in [1.82, 2.24) is 10.3 Å². The van der Waals surface area contributed by atoms with E-state index < -0.39 is 0 Å². The fourth-order valence-corrected chi connectivity index (χ4v) is 2.88. The van der Waals surface area contributed by atoms with E-state index in [-0.39, 0.29) is 5.91 Å². The summed E-state index contributed by atoms with van der Waals surface area (Å²) in [4.78, 5) is 16.5. The van der Waals surface area contributed by atoms with E-state index >= 15 is 0 Å². The molecule has 0 unspecified atom stereocenters. The molecule has 28 heavy (non-hydrogen) atoms. The van der Waals surface area contributed by atoms with Crippen LogP contribution in [0.1, 0.15) is 27.2 Å². The summed E-state index contributed by atoms with van der Waals surface area (Å²) in [5.41, 5.74) is 4.89. The van der Waals surface area contributed by atoms with Crippen LogP contribution in [0.25, 0.3) is 0 Å². The van der Waals surface area contributed by atoms with Crippen LogP contribution in [0.4, 0.5) is 5.69 Å². The van der Waals surface area contributed by atoms with Crippen LogP contribution in [0.2, 0.25) is 0 Å². The predicted octanol–water partition coefficient (Wildman–Crippen LogP) is 3.98. The monoisotopic (exact) mass is 375 g/mol. The second kappa shape index (κ2) is 9.55. The highest BCUT2D eigenvalue weighted by atomic mass is 16.5. The van der Waals surface area contributed by atoms with Crippen LogP contribution in [0.5, 0.6) is 5.75 Å². The standard InChI is InChI=1S/C23H25N3O2/c1-17-6-3-4-8-19(17)15-25-20-10-11-22(26-16-20)23(27)24-13-12-18-7-5-9-21(14-18)28-2/h3-11,14,16,25H,12-13,15H2,1-2H3,(H,24,27). The Labute approximate surface area is 165 Å². The summed E-state index contributed by atoms with van der Waals surface area (Å²) >= 11 is 0. The van der Waals surface area contributed by atoms with Gasteiger partial charge in [0, 0.05) is 13.1 Å². The summed E-state index contributed by atoms with van der Waals surface area (Å²) in [6.07, 6.45) is 2.42. The number of nitrogens with one attached hydrogen (secondary N) is 2. The second-order valence-corrected chi connectivity index (χ2v) is 6.57. The molecule has 5 heteroatoms. The largest absolute Gasteiger partial charge is 0.497 e. The van der Waals surface area contributed by atoms with Crippen molar-refractivity contribution >= 4 is 11.6 Å². The number of anilines is 1. The SMILES string of the molecule is COc1cccc(CCNC(=O)c2ccc(NCc3ccccc3C)cn2)c1. The molecule has 0 fully saturated rings. The summed E-state index contributed by atoms with van der Waals surface area (Å²) in [5, 5.41) is 6.24. The minimum atomic E-state index is -0.173. The van der Waals surface area contributed by atoms with Gasteiger partial charge in [0.15, 0.2) is 0 Å². The minimum Gasteiger partial charge on any atom is -0.497 e. The number of aromatic nitrogens is 1. The molecule has 2 aromatic carbocycles. The van der Waals surface area contributed by atoms with Gasteiger partial charge in [0.25, 0.3) is 5.91 Å². The van der Waals surface area contributed by atoms with Gasteiger partial charge in [0.05, 0.1) is 19.0 Å². The molecular weight excluding hydrogens is 350 g/mol. The topological polar surface area (TPSA) is 63.2 Å². The van der Waals surface area contributed by atoms with Gasteiger partial charge in [-0.25, -0.2) is 4.98 Å². The van der Waals surface area contributed by atoms with E-state index in [9.17, 15) is 4.79 Å². The van der Waals surface area contributed by atoms with Gasteiger partial charge in [0.1, 0.15) is 11.4 Å². The minimum absolute atomic E-state index is 0.173. The van der Waals surface area contributed by atoms with Crippen molar-refractivity contribution in [3.8, 4) is 5.75 Å². The molecule has 144 valence electrons. The average molecular weight is 375 g/mol. The number of carbonyl (C=O) groups is 1. The third kappa shape index (κ3) is 5.33. The number of hydrogen-bond acceptors (Lipinski definition) is 4. The summed E-state index contributed by atoms with van der Waals surface area (Å²) in [6.45, 7) is 3.36. The van der Waals surface area contributed by atoms with E-state index in [0.717, 1.165) is 30.0 Å². The molecule has 0 saturated heterocycles. The lowest BCUT2D eigenvalue weighted by atomic mass is 10.1. The lowest BCUT2D eigenvalue weighted by molar-refractivity contribution is 0.0949. The predicted molar refractivity (Wildman–Crippen MR) is 112 cm³/mol. The van der Waals surface area contributed by atoms with Crippen LogP contribution < -0.4 is 15.4 Å². The Hall–Kier alpha value is -3.34. The maximum absolute atomic E-state index is 12.3. The lowest BCUT2D eigenvalue weighted by Crippen LogP contribution is -2.26. The lowest BCUT2D eigenvalue weighted by Gasteiger charge is -2.09. The zero-order valence-corrected chi connectivity index (χ0v) is 16.2. The maximum atomic E-state index is 12.3. The average Bonchev–Trinajstić information content (AvgIpc) is 2.73. The maximum Gasteiger partial charge on any atom is 0.269 e. The molecule has 1 aromatic heterocycles. The van der Waals surface area contributed by atoms with E-state index in [1.54, 1.807) is 19.4 Å². The highest BCUT2D eigenvalue weighted by molar-refractivity contribution is 5.92. The third-order valence-electron chi connectivity index (χ3n) is 4.57. The molecule has 5 nitrogen and oxygen atoms in total. The first-order valence-corrected chi connectivity index (χ1v) is 9.31. The number of carbonyl (C=O) groups excluding carboxylic acids is 1. The van der Waals surface area contributed by atoms with Gasteiger partial charge in [-0.3, -0.25) is 4.79 Å². The van der Waals surface area contributed by atoms with Crippen molar-refractivity contribution in [2.45, 2.75) is 19.9 Å². The van der Waals surface area contributed by atoms with Crippen LogP contribution in [0.3, 0.4) is 0 Å². The zero-order chi connectivity index (χ0) is 19.8. The second-order valence-electron chi connectivity index (χ2n) is 6.57. The molecule has 1 heterocycles. The number of methoxy groups -OCH3 is 1. The molecule has 1 amide bonds. The third-order valence-corrected chi connectivity index (χ3v) is 4.57. The van der Waals surface area contributed by atoms with Gasteiger partial charge in [-0.15, -0.1) is 0 Å². The molecule has 0 saturated carbocycles. The normalized spacial score (nSPS) is 10.4. The Kier molecular flexibility index (Phi) is 6.63. The fraction of sp³-hybridized carbons (Fsp3) is 0.217. The smallest absolute Gasteiger partial charge is 0.269 e. The van der Waals surface area contributed by atoms with Gasteiger partial charge in [-0.1, -0.05) is 36.4 Å². The molecule has 3 rings (SSSR count). The molecule has 0 bridgehead atoms. The Morgan fingerprint density at radius 3 is 2.68 bits per heavy atom. The Balaban J connectivity index is 1.48. The molecular formula is C23H25N3O2. The van der Waals surface area contributed by atoms with Crippen LogP contribution in [0.15, 0.2) is 66.9 Å². The number of nitrogens with zero attached hydrogens (tertiary/aromatic N) is 1. The molecule has 0 aliphatic rings. The molecule has 0 radical (unpaired) electrons. The van der Waals surface area contributed by atoms with Gasteiger partial charge < -0.3 is 15.4 Å². The number of hydrogen-bond donors (Lipinski definition) is 2. The summed E-state index contributed by atoms with van der Waals surface area (Å²) < 4.78 is 5.21. The number of amides is 1. The first-order valence-electron chi connectivity index (χ1n) is 9.31. The fourth-order valence-electron chi connectivity index (χ4n) is 2.88. The first-order chi connectivity index (χ1) is 13.7. The van der Waals surface area contributed by atoms with Crippen molar-refractivity contribution < 1.29 is 9.53 Å². The highest BCUT2D eigenvalue weighted by Crippen LogP contribution is 2.13. The number of ether oxygens (including phenoxy) is 1. The Bertz CT molecular complexity index is 923. The van der Waals surface area contributed by atoms with Gasteiger partial charge in [-0.05, 0) is 54.3 Å². The van der Waals surface area contributed by atoms with Crippen molar-refractivity contribution in [2.24, 2.45) is 0 Å². The van der Waals surface area contributed by atoms with Crippen LogP contribution in [0, 0.1) is 6.92 Å². The molecule has 0 atom stereocenters. The molecule has 3 aromatic rings. The van der Waals surface area contributed by atoms with Crippen molar-refractivity contribution in [2.75, 3.05) is 19.0 Å². The van der Waals surface area contributed by atoms with E-state index in [1.807, 2.05) is 42.5 Å². The van der Waals surface area contributed by atoms with Crippen LogP contribution >= 0.6 is 0 Å². The molecule has 2 N–H and O–H groups in total. The van der Waals surface area contributed by atoms with Gasteiger partial charge >= 0.3 is 0 Å². The van der Waals surface area contributed by atoms with Crippen molar-refractivity contribution in [3.05, 3.63) is 89.2 Å². The van der Waals surface area contributed by atoms with E-state index in [1.165, 1.54) is 11.1 Å². The highest BCUT2D eigenvalue weighted by Gasteiger charge is 2.07. The van der Waals surface area contributed by atoms with Crippen molar-refractivity contribution in [3.63, 3.8) is 0 Å². The summed E-state index contributed by atoms with van der Waals surface area (Å²) in [6, 6.07) is 19.7.